The SMILES string of the molecule is CC/C=C(\NCC)NCCN=C(NCC)NCC. The molecule has 0 rings (SSSR count). The van der Waals surface area contributed by atoms with Crippen molar-refractivity contribution in [2.24, 2.45) is 4.99 Å². The standard InChI is InChI=1S/C13H29N5/c1-5-9-12(14-6-2)17-10-11-18-13(15-7-3)16-8-4/h9,14,17H,5-8,10-11H2,1-4H3,(H2,15,16,18)/b12-9+. The predicted octanol–water partition coefficient (Wildman–Crippen LogP) is 1.01. The van der Waals surface area contributed by atoms with Gasteiger partial charge in [0, 0.05) is 26.2 Å². The second-order valence-corrected chi connectivity index (χ2v) is 3.77. The summed E-state index contributed by atoms with van der Waals surface area (Å²) in [5.41, 5.74) is 0. The van der Waals surface area contributed by atoms with Crippen LogP contribution in [0.3, 0.4) is 0 Å². The average molecular weight is 255 g/mol. The van der Waals surface area contributed by atoms with E-state index in [0.717, 1.165) is 50.9 Å². The highest BCUT2D eigenvalue weighted by molar-refractivity contribution is 5.79. The number of hydrogen-bond acceptors (Lipinski definition) is 3. The van der Waals surface area contributed by atoms with Gasteiger partial charge in [-0.1, -0.05) is 6.92 Å². The maximum Gasteiger partial charge on any atom is 0.191 e. The zero-order valence-electron chi connectivity index (χ0n) is 12.3. The summed E-state index contributed by atoms with van der Waals surface area (Å²) in [4.78, 5) is 4.47. The van der Waals surface area contributed by atoms with E-state index in [1.54, 1.807) is 0 Å². The second-order valence-electron chi connectivity index (χ2n) is 3.77. The first kappa shape index (κ1) is 16.6. The first-order chi connectivity index (χ1) is 8.78. The highest BCUT2D eigenvalue weighted by Crippen LogP contribution is 1.87. The first-order valence-electron chi connectivity index (χ1n) is 6.98. The maximum atomic E-state index is 4.47. The minimum atomic E-state index is 0.752. The van der Waals surface area contributed by atoms with Crippen molar-refractivity contribution in [3.05, 3.63) is 11.9 Å². The fourth-order valence-electron chi connectivity index (χ4n) is 1.47. The van der Waals surface area contributed by atoms with Gasteiger partial charge >= 0.3 is 0 Å². The van der Waals surface area contributed by atoms with Gasteiger partial charge in [-0.25, -0.2) is 0 Å². The maximum absolute atomic E-state index is 4.47. The zero-order valence-corrected chi connectivity index (χ0v) is 12.3. The van der Waals surface area contributed by atoms with Gasteiger partial charge < -0.3 is 21.3 Å². The van der Waals surface area contributed by atoms with Gasteiger partial charge in [-0.05, 0) is 33.3 Å². The predicted molar refractivity (Wildman–Crippen MR) is 79.7 cm³/mol. The van der Waals surface area contributed by atoms with Gasteiger partial charge in [0.15, 0.2) is 5.96 Å². The van der Waals surface area contributed by atoms with Crippen LogP contribution in [0.2, 0.25) is 0 Å². The van der Waals surface area contributed by atoms with Gasteiger partial charge in [0.25, 0.3) is 0 Å². The number of hydrogen-bond donors (Lipinski definition) is 4. The van der Waals surface area contributed by atoms with Gasteiger partial charge in [-0.15, -0.1) is 0 Å². The van der Waals surface area contributed by atoms with Crippen molar-refractivity contribution in [3.63, 3.8) is 0 Å². The van der Waals surface area contributed by atoms with Gasteiger partial charge in [0.2, 0.25) is 0 Å². The molecule has 0 spiro atoms. The van der Waals surface area contributed by atoms with Crippen LogP contribution >= 0.6 is 0 Å². The quantitative estimate of drug-likeness (QED) is 0.282. The third-order valence-electron chi connectivity index (χ3n) is 2.16. The summed E-state index contributed by atoms with van der Waals surface area (Å²) in [5, 5.41) is 13.0. The number of nitrogens with zero attached hydrogens (tertiary/aromatic N) is 1. The molecule has 0 aromatic heterocycles. The average Bonchev–Trinajstić information content (AvgIpc) is 2.35. The molecule has 0 bridgehead atoms. The van der Waals surface area contributed by atoms with Crippen LogP contribution in [-0.2, 0) is 0 Å². The van der Waals surface area contributed by atoms with Crippen molar-refractivity contribution in [2.45, 2.75) is 34.1 Å². The monoisotopic (exact) mass is 255 g/mol. The number of guanidine groups is 1. The molecule has 0 atom stereocenters. The van der Waals surface area contributed by atoms with E-state index in [0.29, 0.717) is 0 Å². The van der Waals surface area contributed by atoms with Crippen molar-refractivity contribution in [1.82, 2.24) is 21.3 Å². The van der Waals surface area contributed by atoms with E-state index in [9.17, 15) is 0 Å². The summed E-state index contributed by atoms with van der Waals surface area (Å²) in [5.74, 6) is 1.98. The van der Waals surface area contributed by atoms with E-state index >= 15 is 0 Å². The van der Waals surface area contributed by atoms with Crippen LogP contribution in [-0.4, -0.2) is 38.7 Å². The van der Waals surface area contributed by atoms with E-state index in [-0.39, 0.29) is 0 Å². The molecule has 5 heteroatoms. The van der Waals surface area contributed by atoms with Crippen LogP contribution in [0.4, 0.5) is 0 Å². The summed E-state index contributed by atoms with van der Waals surface area (Å²) in [7, 11) is 0. The van der Waals surface area contributed by atoms with Crippen LogP contribution in [0.15, 0.2) is 16.9 Å². The molecule has 0 unspecified atom stereocenters. The Morgan fingerprint density at radius 3 is 2.00 bits per heavy atom. The molecule has 4 N–H and O–H groups in total. The van der Waals surface area contributed by atoms with E-state index in [2.05, 4.69) is 60.0 Å². The van der Waals surface area contributed by atoms with Crippen molar-refractivity contribution < 1.29 is 0 Å². The molecule has 0 saturated heterocycles. The molecule has 18 heavy (non-hydrogen) atoms. The molecule has 0 fully saturated rings. The lowest BCUT2D eigenvalue weighted by Crippen LogP contribution is -2.37. The molecule has 0 aromatic carbocycles. The third-order valence-corrected chi connectivity index (χ3v) is 2.16. The van der Waals surface area contributed by atoms with Gasteiger partial charge in [0.1, 0.15) is 0 Å². The number of rotatable bonds is 9. The lowest BCUT2D eigenvalue weighted by molar-refractivity contribution is 0.691. The molecule has 0 amide bonds. The van der Waals surface area contributed by atoms with Crippen LogP contribution in [0, 0.1) is 0 Å². The molecule has 0 heterocycles. The number of allylic oxidation sites excluding steroid dienone is 1. The highest BCUT2D eigenvalue weighted by atomic mass is 15.2. The van der Waals surface area contributed by atoms with Crippen LogP contribution in [0.1, 0.15) is 34.1 Å². The molecule has 0 aromatic rings. The molecule has 0 radical (unpaired) electrons. The van der Waals surface area contributed by atoms with E-state index in [1.165, 1.54) is 0 Å². The summed E-state index contributed by atoms with van der Waals surface area (Å²) in [6.07, 6.45) is 3.18. The van der Waals surface area contributed by atoms with Crippen molar-refractivity contribution in [3.8, 4) is 0 Å². The molecule has 0 aliphatic rings. The number of nitrogens with one attached hydrogen (secondary N) is 4. The normalized spacial score (nSPS) is 10.8. The summed E-state index contributed by atoms with van der Waals surface area (Å²) >= 11 is 0. The third kappa shape index (κ3) is 8.73. The molecule has 0 saturated carbocycles. The van der Waals surface area contributed by atoms with Gasteiger partial charge in [0.05, 0.1) is 12.4 Å². The topological polar surface area (TPSA) is 60.5 Å². The Balaban J connectivity index is 3.99. The van der Waals surface area contributed by atoms with Crippen LogP contribution in [0.5, 0.6) is 0 Å². The molecule has 0 aliphatic carbocycles. The minimum absolute atomic E-state index is 0.752. The van der Waals surface area contributed by atoms with Crippen molar-refractivity contribution in [2.75, 3.05) is 32.7 Å². The molecule has 106 valence electrons. The Morgan fingerprint density at radius 2 is 1.50 bits per heavy atom. The Hall–Kier alpha value is -1.39. The molecule has 0 aliphatic heterocycles. The lowest BCUT2D eigenvalue weighted by Gasteiger charge is -2.12. The fourth-order valence-corrected chi connectivity index (χ4v) is 1.47. The summed E-state index contributed by atoms with van der Waals surface area (Å²) < 4.78 is 0. The summed E-state index contributed by atoms with van der Waals surface area (Å²) in [6.45, 7) is 12.7. The smallest absolute Gasteiger partial charge is 0.191 e. The van der Waals surface area contributed by atoms with E-state index in [4.69, 9.17) is 0 Å². The van der Waals surface area contributed by atoms with Crippen LogP contribution in [0.25, 0.3) is 0 Å². The molecular formula is C13H29N5. The van der Waals surface area contributed by atoms with Crippen LogP contribution < -0.4 is 21.3 Å². The molecule has 5 nitrogen and oxygen atoms in total. The lowest BCUT2D eigenvalue weighted by atomic mass is 10.4. The largest absolute Gasteiger partial charge is 0.372 e. The highest BCUT2D eigenvalue weighted by Gasteiger charge is 1.95. The van der Waals surface area contributed by atoms with Gasteiger partial charge in [-0.3, -0.25) is 4.99 Å². The zero-order chi connectivity index (χ0) is 13.6. The fraction of sp³-hybridized carbons (Fsp3) is 0.769. The number of aliphatic imine (C=N–C) groups is 1. The van der Waals surface area contributed by atoms with Crippen molar-refractivity contribution in [1.29, 1.82) is 0 Å². The van der Waals surface area contributed by atoms with Crippen molar-refractivity contribution >= 4 is 5.96 Å². The second kappa shape index (κ2) is 12.1. The van der Waals surface area contributed by atoms with E-state index < -0.39 is 0 Å². The first-order valence-corrected chi connectivity index (χ1v) is 6.98. The Bertz CT molecular complexity index is 240. The van der Waals surface area contributed by atoms with Gasteiger partial charge in [-0.2, -0.15) is 0 Å². The Morgan fingerprint density at radius 1 is 0.889 bits per heavy atom. The molecular weight excluding hydrogens is 226 g/mol. The Labute approximate surface area is 112 Å². The minimum Gasteiger partial charge on any atom is -0.372 e. The summed E-state index contributed by atoms with van der Waals surface area (Å²) in [6, 6.07) is 0. The van der Waals surface area contributed by atoms with E-state index in [1.807, 2.05) is 0 Å². The Kier molecular flexibility index (Phi) is 11.1.